The lowest BCUT2D eigenvalue weighted by atomic mass is 9.99. The quantitative estimate of drug-likeness (QED) is 0.0261. The molecule has 1 rings (SSSR count). The first-order chi connectivity index (χ1) is 34.3. The minimum Gasteiger partial charge on any atom is -0.394 e. The molecule has 1 heterocycles. The Bertz CT molecular complexity index is 1280. The van der Waals surface area contributed by atoms with Crippen LogP contribution in [0.15, 0.2) is 60.8 Å². The van der Waals surface area contributed by atoms with E-state index < -0.39 is 49.5 Å². The summed E-state index contributed by atoms with van der Waals surface area (Å²) in [6.45, 7) is 3.72. The number of carbonyl (C=O) groups is 1. The zero-order valence-electron chi connectivity index (χ0n) is 45.3. The molecule has 0 radical (unpaired) electrons. The molecule has 0 aromatic rings. The third-order valence-corrected chi connectivity index (χ3v) is 13.8. The van der Waals surface area contributed by atoms with Crippen LogP contribution in [0, 0.1) is 0 Å². The number of rotatable bonds is 50. The predicted octanol–water partition coefficient (Wildman–Crippen LogP) is 14.7. The number of amides is 1. The topological polar surface area (TPSA) is 149 Å². The Morgan fingerprint density at radius 1 is 0.486 bits per heavy atom. The fourth-order valence-electron chi connectivity index (χ4n) is 9.09. The monoisotopic (exact) mass is 986 g/mol. The van der Waals surface area contributed by atoms with Gasteiger partial charge in [0.2, 0.25) is 5.91 Å². The first-order valence-electron chi connectivity index (χ1n) is 29.5. The summed E-state index contributed by atoms with van der Waals surface area (Å²) < 4.78 is 11.2. The lowest BCUT2D eigenvalue weighted by Crippen LogP contribution is -2.60. The molecule has 1 saturated heterocycles. The highest BCUT2D eigenvalue weighted by atomic mass is 16.7. The molecule has 0 saturated carbocycles. The fraction of sp³-hybridized carbons (Fsp3) is 0.820. The third-order valence-electron chi connectivity index (χ3n) is 13.8. The van der Waals surface area contributed by atoms with Gasteiger partial charge in [0, 0.05) is 6.42 Å². The predicted molar refractivity (Wildman–Crippen MR) is 295 cm³/mol. The number of carbonyl (C=O) groups excluding carboxylic acids is 1. The van der Waals surface area contributed by atoms with E-state index >= 15 is 0 Å². The molecular weight excluding hydrogens is 875 g/mol. The highest BCUT2D eigenvalue weighted by Crippen LogP contribution is 2.23. The van der Waals surface area contributed by atoms with E-state index in [1.54, 1.807) is 6.08 Å². The van der Waals surface area contributed by atoms with Crippen LogP contribution in [0.1, 0.15) is 264 Å². The lowest BCUT2D eigenvalue weighted by Gasteiger charge is -2.40. The Labute approximate surface area is 430 Å². The molecule has 1 fully saturated rings. The van der Waals surface area contributed by atoms with Gasteiger partial charge in [0.25, 0.3) is 0 Å². The summed E-state index contributed by atoms with van der Waals surface area (Å²) in [4.78, 5) is 13.0. The van der Waals surface area contributed by atoms with Gasteiger partial charge in [0.05, 0.1) is 25.4 Å². The van der Waals surface area contributed by atoms with Gasteiger partial charge in [-0.3, -0.25) is 4.79 Å². The van der Waals surface area contributed by atoms with Crippen LogP contribution in [0.5, 0.6) is 0 Å². The average molecular weight is 987 g/mol. The van der Waals surface area contributed by atoms with E-state index in [9.17, 15) is 30.3 Å². The summed E-state index contributed by atoms with van der Waals surface area (Å²) in [5, 5.41) is 54.4. The Kier molecular flexibility index (Phi) is 47.5. The van der Waals surface area contributed by atoms with Gasteiger partial charge in [0.15, 0.2) is 6.29 Å². The molecule has 1 aliphatic heterocycles. The van der Waals surface area contributed by atoms with E-state index in [1.807, 2.05) is 6.08 Å². The minimum absolute atomic E-state index is 0.206. The van der Waals surface area contributed by atoms with E-state index in [-0.39, 0.29) is 12.5 Å². The number of unbranched alkanes of at least 4 members (excludes halogenated alkanes) is 32. The molecule has 7 unspecified atom stereocenters. The molecule has 1 amide bonds. The van der Waals surface area contributed by atoms with Crippen LogP contribution in [0.3, 0.4) is 0 Å². The van der Waals surface area contributed by atoms with Crippen molar-refractivity contribution in [1.82, 2.24) is 5.32 Å². The number of aliphatic hydroxyl groups excluding tert-OH is 5. The third kappa shape index (κ3) is 39.4. The molecule has 7 atom stereocenters. The van der Waals surface area contributed by atoms with Crippen LogP contribution < -0.4 is 5.32 Å². The fourth-order valence-corrected chi connectivity index (χ4v) is 9.09. The lowest BCUT2D eigenvalue weighted by molar-refractivity contribution is -0.302. The summed E-state index contributed by atoms with van der Waals surface area (Å²) in [6, 6.07) is -0.838. The first-order valence-corrected chi connectivity index (χ1v) is 29.5. The highest BCUT2D eigenvalue weighted by Gasteiger charge is 2.44. The van der Waals surface area contributed by atoms with Crippen molar-refractivity contribution in [1.29, 1.82) is 0 Å². The Hall–Kier alpha value is -2.11. The molecular formula is C61H111NO8. The molecule has 0 spiro atoms. The summed E-state index contributed by atoms with van der Waals surface area (Å²) >= 11 is 0. The number of ether oxygens (including phenoxy) is 2. The summed E-state index contributed by atoms with van der Waals surface area (Å²) in [5.41, 5.74) is 0. The van der Waals surface area contributed by atoms with Crippen molar-refractivity contribution in [2.75, 3.05) is 13.2 Å². The molecule has 6 N–H and O–H groups in total. The number of aliphatic hydroxyl groups is 5. The largest absolute Gasteiger partial charge is 0.394 e. The normalized spacial score (nSPS) is 19.8. The van der Waals surface area contributed by atoms with Gasteiger partial charge in [-0.15, -0.1) is 0 Å². The first kappa shape index (κ1) is 65.9. The second-order valence-corrected chi connectivity index (χ2v) is 20.4. The average Bonchev–Trinajstić information content (AvgIpc) is 3.36. The van der Waals surface area contributed by atoms with Gasteiger partial charge in [-0.1, -0.05) is 248 Å². The molecule has 0 aliphatic carbocycles. The SMILES string of the molecule is CCCC/C=C\C/C=C\CCCCCCCC(=O)NC(COC1OC(CO)C(O)C(O)C1O)C(O)/C=C/CC/C=C/CC/C=C/CCCCCCCCCCCCCCCCCCCCCCCCC. The van der Waals surface area contributed by atoms with Crippen LogP contribution in [-0.4, -0.2) is 87.5 Å². The molecule has 1 aliphatic rings. The smallest absolute Gasteiger partial charge is 0.220 e. The summed E-state index contributed by atoms with van der Waals surface area (Å²) in [5.74, 6) is -0.206. The van der Waals surface area contributed by atoms with Crippen molar-refractivity contribution in [2.45, 2.75) is 307 Å². The zero-order chi connectivity index (χ0) is 50.8. The maximum Gasteiger partial charge on any atom is 0.220 e. The Balaban J connectivity index is 2.19. The molecule has 0 bridgehead atoms. The second kappa shape index (κ2) is 50.4. The highest BCUT2D eigenvalue weighted by molar-refractivity contribution is 5.76. The van der Waals surface area contributed by atoms with E-state index in [0.29, 0.717) is 6.42 Å². The zero-order valence-corrected chi connectivity index (χ0v) is 45.3. The van der Waals surface area contributed by atoms with Crippen LogP contribution in [-0.2, 0) is 14.3 Å². The van der Waals surface area contributed by atoms with Crippen LogP contribution in [0.2, 0.25) is 0 Å². The van der Waals surface area contributed by atoms with Gasteiger partial charge in [-0.25, -0.2) is 0 Å². The van der Waals surface area contributed by atoms with E-state index in [4.69, 9.17) is 9.47 Å². The molecule has 408 valence electrons. The number of hydrogen-bond donors (Lipinski definition) is 6. The van der Waals surface area contributed by atoms with Gasteiger partial charge in [-0.05, 0) is 70.6 Å². The maximum atomic E-state index is 13.0. The van der Waals surface area contributed by atoms with Crippen LogP contribution >= 0.6 is 0 Å². The molecule has 70 heavy (non-hydrogen) atoms. The van der Waals surface area contributed by atoms with Crippen molar-refractivity contribution in [2.24, 2.45) is 0 Å². The molecule has 9 heteroatoms. The summed E-state index contributed by atoms with van der Waals surface area (Å²) in [7, 11) is 0. The second-order valence-electron chi connectivity index (χ2n) is 20.4. The Morgan fingerprint density at radius 3 is 1.33 bits per heavy atom. The van der Waals surface area contributed by atoms with Crippen molar-refractivity contribution >= 4 is 5.91 Å². The van der Waals surface area contributed by atoms with E-state index in [2.05, 4.69) is 67.8 Å². The van der Waals surface area contributed by atoms with Crippen molar-refractivity contribution < 1.29 is 39.8 Å². The standard InChI is InChI=1S/C61H111NO8/c1-3-5-7-9-11-13-15-17-19-20-21-22-23-24-25-26-27-28-29-30-31-32-33-34-35-36-37-38-40-42-44-46-48-50-55(64)54(53-69-61-60(68)59(67)58(66)56(52-63)70-61)62-57(65)51-49-47-45-43-41-39-18-16-14-12-10-8-6-4-2/h10,12,16,18,35-36,40,42,48,50,54-56,58-61,63-64,66-68H,3-9,11,13-15,17,19-34,37-39,41,43-47,49,51-53H2,1-2H3,(H,62,65)/b12-10-,18-16-,36-35+,42-40+,50-48+. The number of hydrogen-bond acceptors (Lipinski definition) is 8. The van der Waals surface area contributed by atoms with Crippen molar-refractivity contribution in [3.63, 3.8) is 0 Å². The van der Waals surface area contributed by atoms with Crippen LogP contribution in [0.4, 0.5) is 0 Å². The van der Waals surface area contributed by atoms with Crippen molar-refractivity contribution in [3.8, 4) is 0 Å². The number of nitrogens with one attached hydrogen (secondary N) is 1. The molecule has 0 aromatic heterocycles. The van der Waals surface area contributed by atoms with Gasteiger partial charge < -0.3 is 40.3 Å². The molecule has 9 nitrogen and oxygen atoms in total. The Morgan fingerprint density at radius 2 is 0.871 bits per heavy atom. The van der Waals surface area contributed by atoms with Gasteiger partial charge >= 0.3 is 0 Å². The van der Waals surface area contributed by atoms with Gasteiger partial charge in [0.1, 0.15) is 24.4 Å². The number of allylic oxidation sites excluding steroid dienone is 9. The van der Waals surface area contributed by atoms with E-state index in [1.165, 1.54) is 167 Å². The molecule has 0 aromatic carbocycles. The maximum absolute atomic E-state index is 13.0. The van der Waals surface area contributed by atoms with Crippen molar-refractivity contribution in [3.05, 3.63) is 60.8 Å². The minimum atomic E-state index is -1.58. The van der Waals surface area contributed by atoms with Crippen LogP contribution in [0.25, 0.3) is 0 Å². The van der Waals surface area contributed by atoms with E-state index in [0.717, 1.165) is 77.0 Å². The van der Waals surface area contributed by atoms with Gasteiger partial charge in [-0.2, -0.15) is 0 Å². The summed E-state index contributed by atoms with van der Waals surface area (Å²) in [6.07, 6.45) is 61.7.